The average Bonchev–Trinajstić information content (AvgIpc) is 2.84. The number of carbonyl (C=O) groups excluding carboxylic acids is 2. The van der Waals surface area contributed by atoms with Crippen LogP contribution in [0.2, 0.25) is 5.02 Å². The van der Waals surface area contributed by atoms with Gasteiger partial charge in [-0.2, -0.15) is 0 Å². The number of ketones is 1. The van der Waals surface area contributed by atoms with E-state index >= 15 is 4.39 Å². The van der Waals surface area contributed by atoms with Crippen LogP contribution in [0, 0.1) is 11.6 Å². The van der Waals surface area contributed by atoms with Crippen LogP contribution < -0.4 is 15.4 Å². The van der Waals surface area contributed by atoms with Crippen LogP contribution in [0.5, 0.6) is 5.75 Å². The zero-order valence-electron chi connectivity index (χ0n) is 19.2. The minimum Gasteiger partial charge on any atom is -0.484 e. The molecule has 1 heterocycles. The Morgan fingerprint density at radius 1 is 1.14 bits per heavy atom. The lowest BCUT2D eigenvalue weighted by Crippen LogP contribution is -2.37. The molecule has 1 fully saturated rings. The molecule has 0 saturated carbocycles. The fourth-order valence-electron chi connectivity index (χ4n) is 4.07. The summed E-state index contributed by atoms with van der Waals surface area (Å²) < 4.78 is 35.0. The summed E-state index contributed by atoms with van der Waals surface area (Å²) in [5.41, 5.74) is 1.72. The Morgan fingerprint density at radius 2 is 1.97 bits per heavy atom. The molecular weight excluding hydrogens is 474 g/mol. The highest BCUT2D eigenvalue weighted by atomic mass is 35.5. The molecule has 0 unspecified atom stereocenters. The van der Waals surface area contributed by atoms with Crippen molar-refractivity contribution in [3.8, 4) is 16.9 Å². The van der Waals surface area contributed by atoms with E-state index in [2.05, 4.69) is 10.6 Å². The lowest BCUT2D eigenvalue weighted by Gasteiger charge is -2.25. The maximum atomic E-state index is 15.5. The Kier molecular flexibility index (Phi) is 7.78. The number of benzene rings is 3. The molecule has 0 bridgehead atoms. The number of rotatable bonds is 7. The number of amides is 1. The van der Waals surface area contributed by atoms with Gasteiger partial charge >= 0.3 is 0 Å². The maximum absolute atomic E-state index is 15.5. The maximum Gasteiger partial charge on any atom is 0.255 e. The predicted molar refractivity (Wildman–Crippen MR) is 132 cm³/mol. The van der Waals surface area contributed by atoms with Crippen molar-refractivity contribution < 1.29 is 23.1 Å². The van der Waals surface area contributed by atoms with E-state index in [9.17, 15) is 14.0 Å². The number of Topliss-reactive ketones (excluding diaryl/α,β-unsaturated/α-hetero) is 1. The molecule has 0 aromatic heterocycles. The highest BCUT2D eigenvalue weighted by molar-refractivity contribution is 6.32. The van der Waals surface area contributed by atoms with Crippen molar-refractivity contribution in [2.24, 2.45) is 0 Å². The second-order valence-electron chi connectivity index (χ2n) is 8.54. The minimum absolute atomic E-state index is 0.00657. The molecule has 35 heavy (non-hydrogen) atoms. The molecule has 182 valence electrons. The normalized spacial score (nSPS) is 15.5. The Hall–Kier alpha value is -3.29. The molecule has 8 heteroatoms. The molecule has 1 saturated heterocycles. The molecule has 0 aliphatic carbocycles. The van der Waals surface area contributed by atoms with Gasteiger partial charge in [-0.3, -0.25) is 9.59 Å². The second-order valence-corrected chi connectivity index (χ2v) is 8.95. The SMILES string of the molecule is CC(=O)Cc1cc(F)ccc1NC(=O)c1cccc(-c2ccc(Cl)c(O[C@@H]3CCCNC3)c2F)c1. The van der Waals surface area contributed by atoms with Crippen LogP contribution >= 0.6 is 11.6 Å². The van der Waals surface area contributed by atoms with Gasteiger partial charge in [-0.05, 0) is 79.9 Å². The summed E-state index contributed by atoms with van der Waals surface area (Å²) in [6, 6.07) is 13.4. The molecular formula is C27H25ClF2N2O3. The van der Waals surface area contributed by atoms with E-state index in [0.717, 1.165) is 19.4 Å². The quantitative estimate of drug-likeness (QED) is 0.432. The van der Waals surface area contributed by atoms with E-state index in [-0.39, 0.29) is 40.2 Å². The second kappa shape index (κ2) is 11.0. The Balaban J connectivity index is 1.59. The van der Waals surface area contributed by atoms with Crippen molar-refractivity contribution in [1.82, 2.24) is 5.32 Å². The number of carbonyl (C=O) groups is 2. The standard InChI is InChI=1S/C27H25ClF2N2O3/c1-16(33)12-19-14-20(29)7-10-24(19)32-27(34)18-5-2-4-17(13-18)22-8-9-23(28)26(25(22)30)35-21-6-3-11-31-15-21/h2,4-5,7-10,13-14,21,31H,3,6,11-12,15H2,1H3,(H,32,34)/t21-/m1/s1. The summed E-state index contributed by atoms with van der Waals surface area (Å²) >= 11 is 6.24. The van der Waals surface area contributed by atoms with Gasteiger partial charge < -0.3 is 15.4 Å². The number of halogens is 3. The van der Waals surface area contributed by atoms with Crippen molar-refractivity contribution in [3.05, 3.63) is 82.4 Å². The molecule has 0 radical (unpaired) electrons. The highest BCUT2D eigenvalue weighted by Crippen LogP contribution is 2.36. The Bertz CT molecular complexity index is 1260. The summed E-state index contributed by atoms with van der Waals surface area (Å²) in [7, 11) is 0. The van der Waals surface area contributed by atoms with Crippen LogP contribution in [0.3, 0.4) is 0 Å². The van der Waals surface area contributed by atoms with Crippen molar-refractivity contribution in [2.75, 3.05) is 18.4 Å². The van der Waals surface area contributed by atoms with E-state index in [4.69, 9.17) is 16.3 Å². The van der Waals surface area contributed by atoms with Crippen molar-refractivity contribution >= 4 is 29.0 Å². The fourth-order valence-corrected chi connectivity index (χ4v) is 4.26. The molecule has 0 spiro atoms. The lowest BCUT2D eigenvalue weighted by molar-refractivity contribution is -0.116. The number of nitrogens with one attached hydrogen (secondary N) is 2. The van der Waals surface area contributed by atoms with Crippen LogP contribution in [0.1, 0.15) is 35.7 Å². The van der Waals surface area contributed by atoms with Gasteiger partial charge in [0.05, 0.1) is 5.02 Å². The number of anilines is 1. The number of hydrogen-bond donors (Lipinski definition) is 2. The first-order valence-electron chi connectivity index (χ1n) is 11.4. The summed E-state index contributed by atoms with van der Waals surface area (Å²) in [4.78, 5) is 24.5. The smallest absolute Gasteiger partial charge is 0.255 e. The Morgan fingerprint density at radius 3 is 2.71 bits per heavy atom. The molecule has 5 nitrogen and oxygen atoms in total. The monoisotopic (exact) mass is 498 g/mol. The number of piperidine rings is 1. The molecule has 4 rings (SSSR count). The van der Waals surface area contributed by atoms with Gasteiger partial charge in [0, 0.05) is 29.8 Å². The first kappa shape index (κ1) is 24.8. The van der Waals surface area contributed by atoms with Gasteiger partial charge in [0.1, 0.15) is 17.7 Å². The van der Waals surface area contributed by atoms with Gasteiger partial charge in [-0.25, -0.2) is 8.78 Å². The molecule has 3 aromatic rings. The van der Waals surface area contributed by atoms with Crippen LogP contribution in [0.15, 0.2) is 54.6 Å². The summed E-state index contributed by atoms with van der Waals surface area (Å²) in [5, 5.41) is 6.13. The summed E-state index contributed by atoms with van der Waals surface area (Å²) in [5.74, 6) is -1.73. The van der Waals surface area contributed by atoms with Crippen LogP contribution in [0.25, 0.3) is 11.1 Å². The number of hydrogen-bond acceptors (Lipinski definition) is 4. The third-order valence-electron chi connectivity index (χ3n) is 5.78. The van der Waals surface area contributed by atoms with Gasteiger partial charge in [0.15, 0.2) is 11.6 Å². The van der Waals surface area contributed by atoms with Crippen LogP contribution in [-0.2, 0) is 11.2 Å². The van der Waals surface area contributed by atoms with E-state index < -0.39 is 17.5 Å². The first-order valence-corrected chi connectivity index (χ1v) is 11.7. The molecule has 1 aliphatic heterocycles. The third-order valence-corrected chi connectivity index (χ3v) is 6.07. The largest absolute Gasteiger partial charge is 0.484 e. The van der Waals surface area contributed by atoms with Crippen molar-refractivity contribution in [2.45, 2.75) is 32.3 Å². The lowest BCUT2D eigenvalue weighted by atomic mass is 10.0. The minimum atomic E-state index is -0.595. The van der Waals surface area contributed by atoms with E-state index in [0.29, 0.717) is 23.4 Å². The molecule has 1 amide bonds. The average molecular weight is 499 g/mol. The van der Waals surface area contributed by atoms with Crippen LogP contribution in [-0.4, -0.2) is 30.9 Å². The van der Waals surface area contributed by atoms with Gasteiger partial charge in [0.25, 0.3) is 5.91 Å². The van der Waals surface area contributed by atoms with E-state index in [1.165, 1.54) is 25.1 Å². The summed E-state index contributed by atoms with van der Waals surface area (Å²) in [6.45, 7) is 2.91. The molecule has 1 atom stereocenters. The van der Waals surface area contributed by atoms with Crippen LogP contribution in [0.4, 0.5) is 14.5 Å². The first-order chi connectivity index (χ1) is 16.8. The third kappa shape index (κ3) is 6.05. The van der Waals surface area contributed by atoms with Crippen molar-refractivity contribution in [3.63, 3.8) is 0 Å². The van der Waals surface area contributed by atoms with Crippen molar-refractivity contribution in [1.29, 1.82) is 0 Å². The Labute approximate surface area is 207 Å². The topological polar surface area (TPSA) is 67.4 Å². The zero-order chi connectivity index (χ0) is 24.9. The fraction of sp³-hybridized carbons (Fsp3) is 0.259. The van der Waals surface area contributed by atoms with Gasteiger partial charge in [-0.15, -0.1) is 0 Å². The zero-order valence-corrected chi connectivity index (χ0v) is 19.9. The molecule has 3 aromatic carbocycles. The van der Waals surface area contributed by atoms with Gasteiger partial charge in [0.2, 0.25) is 0 Å². The summed E-state index contributed by atoms with van der Waals surface area (Å²) in [6.07, 6.45) is 1.55. The molecule has 1 aliphatic rings. The predicted octanol–water partition coefficient (Wildman–Crippen LogP) is 5.80. The van der Waals surface area contributed by atoms with E-state index in [1.54, 1.807) is 36.4 Å². The van der Waals surface area contributed by atoms with Gasteiger partial charge in [-0.1, -0.05) is 23.7 Å². The highest BCUT2D eigenvalue weighted by Gasteiger charge is 2.21. The number of ether oxygens (including phenoxy) is 1. The molecule has 2 N–H and O–H groups in total. The van der Waals surface area contributed by atoms with E-state index in [1.807, 2.05) is 0 Å².